The highest BCUT2D eigenvalue weighted by Gasteiger charge is 2.21. The summed E-state index contributed by atoms with van der Waals surface area (Å²) in [6.45, 7) is 0.211. The number of aryl methyl sites for hydroxylation is 2. The first-order valence-corrected chi connectivity index (χ1v) is 9.74. The van der Waals surface area contributed by atoms with E-state index in [1.807, 2.05) is 12.1 Å². The van der Waals surface area contributed by atoms with Crippen molar-refractivity contribution in [3.8, 4) is 11.8 Å². The summed E-state index contributed by atoms with van der Waals surface area (Å²) in [5, 5.41) is 19.7. The first-order chi connectivity index (χ1) is 13.2. The van der Waals surface area contributed by atoms with Gasteiger partial charge in [-0.25, -0.2) is 4.98 Å². The van der Waals surface area contributed by atoms with Crippen LogP contribution in [0, 0.1) is 11.3 Å². The molecule has 3 aromatic rings. The van der Waals surface area contributed by atoms with Crippen molar-refractivity contribution in [2.45, 2.75) is 38.3 Å². The third kappa shape index (κ3) is 3.59. The maximum Gasteiger partial charge on any atom is 0.262 e. The second kappa shape index (κ2) is 7.51. The predicted molar refractivity (Wildman–Crippen MR) is 103 cm³/mol. The minimum atomic E-state index is -0.826. The van der Waals surface area contributed by atoms with Crippen LogP contribution in [0.15, 0.2) is 35.4 Å². The number of thiophene rings is 1. The quantitative estimate of drug-likeness (QED) is 0.709. The second-order valence-electron chi connectivity index (χ2n) is 6.68. The molecular formula is C20H19N3O3S. The number of nitrogens with zero attached hydrogens (tertiary/aromatic N) is 3. The SMILES string of the molecule is N#CCc1ccc(OCC(O)Cn2cnc3sc4c(c3c2=O)CCC4)cc1. The summed E-state index contributed by atoms with van der Waals surface area (Å²) >= 11 is 1.61. The number of rotatable bonds is 6. The number of ether oxygens (including phenoxy) is 1. The summed E-state index contributed by atoms with van der Waals surface area (Å²) < 4.78 is 7.06. The van der Waals surface area contributed by atoms with Crippen LogP contribution in [-0.4, -0.2) is 27.4 Å². The van der Waals surface area contributed by atoms with Crippen molar-refractivity contribution >= 4 is 21.6 Å². The van der Waals surface area contributed by atoms with Gasteiger partial charge in [0.1, 0.15) is 23.3 Å². The molecule has 2 aromatic heterocycles. The van der Waals surface area contributed by atoms with Crippen molar-refractivity contribution in [3.63, 3.8) is 0 Å². The Hall–Kier alpha value is -2.69. The first-order valence-electron chi connectivity index (χ1n) is 8.92. The summed E-state index contributed by atoms with van der Waals surface area (Å²) in [4.78, 5) is 19.3. The molecule has 0 saturated carbocycles. The summed E-state index contributed by atoms with van der Waals surface area (Å²) in [5.74, 6) is 0.618. The largest absolute Gasteiger partial charge is 0.491 e. The second-order valence-corrected chi connectivity index (χ2v) is 7.77. The van der Waals surface area contributed by atoms with E-state index in [9.17, 15) is 9.90 Å². The van der Waals surface area contributed by atoms with E-state index in [1.54, 1.807) is 23.5 Å². The van der Waals surface area contributed by atoms with E-state index in [4.69, 9.17) is 10.00 Å². The van der Waals surface area contributed by atoms with Gasteiger partial charge in [0, 0.05) is 4.88 Å². The molecule has 1 atom stereocenters. The van der Waals surface area contributed by atoms with Gasteiger partial charge >= 0.3 is 0 Å². The normalized spacial score (nSPS) is 14.1. The summed E-state index contributed by atoms with van der Waals surface area (Å²) in [7, 11) is 0. The van der Waals surface area contributed by atoms with Crippen LogP contribution in [0.4, 0.5) is 0 Å². The van der Waals surface area contributed by atoms with Crippen LogP contribution in [-0.2, 0) is 25.8 Å². The average Bonchev–Trinajstić information content (AvgIpc) is 3.25. The van der Waals surface area contributed by atoms with E-state index in [-0.39, 0.29) is 18.7 Å². The fourth-order valence-electron chi connectivity index (χ4n) is 3.42. The fourth-order valence-corrected chi connectivity index (χ4v) is 4.64. The van der Waals surface area contributed by atoms with Gasteiger partial charge in [-0.1, -0.05) is 12.1 Å². The van der Waals surface area contributed by atoms with Crippen molar-refractivity contribution in [2.75, 3.05) is 6.61 Å². The molecule has 27 heavy (non-hydrogen) atoms. The van der Waals surface area contributed by atoms with Crippen LogP contribution in [0.2, 0.25) is 0 Å². The Kier molecular flexibility index (Phi) is 4.92. The molecule has 0 radical (unpaired) electrons. The Labute approximate surface area is 160 Å². The zero-order valence-electron chi connectivity index (χ0n) is 14.7. The van der Waals surface area contributed by atoms with E-state index >= 15 is 0 Å². The molecule has 0 amide bonds. The lowest BCUT2D eigenvalue weighted by molar-refractivity contribution is 0.0915. The van der Waals surface area contributed by atoms with Gasteiger partial charge in [0.15, 0.2) is 0 Å². The lowest BCUT2D eigenvalue weighted by Crippen LogP contribution is -2.30. The highest BCUT2D eigenvalue weighted by Crippen LogP contribution is 2.34. The smallest absolute Gasteiger partial charge is 0.262 e. The van der Waals surface area contributed by atoms with Crippen molar-refractivity contribution in [2.24, 2.45) is 0 Å². The molecule has 138 valence electrons. The van der Waals surface area contributed by atoms with Crippen LogP contribution < -0.4 is 10.3 Å². The Morgan fingerprint density at radius 2 is 2.15 bits per heavy atom. The van der Waals surface area contributed by atoms with Gasteiger partial charge in [0.25, 0.3) is 5.56 Å². The summed E-state index contributed by atoms with van der Waals surface area (Å²) in [6.07, 6.45) is 4.09. The van der Waals surface area contributed by atoms with Gasteiger partial charge in [-0.3, -0.25) is 9.36 Å². The third-order valence-electron chi connectivity index (χ3n) is 4.75. The highest BCUT2D eigenvalue weighted by atomic mass is 32.1. The van der Waals surface area contributed by atoms with Gasteiger partial charge in [0.05, 0.1) is 30.7 Å². The van der Waals surface area contributed by atoms with Crippen molar-refractivity contribution in [3.05, 3.63) is 57.0 Å². The van der Waals surface area contributed by atoms with Gasteiger partial charge in [-0.05, 0) is 42.5 Å². The van der Waals surface area contributed by atoms with E-state index < -0.39 is 6.10 Å². The van der Waals surface area contributed by atoms with E-state index in [0.29, 0.717) is 12.2 Å². The molecule has 1 aromatic carbocycles. The van der Waals surface area contributed by atoms with Gasteiger partial charge in [-0.15, -0.1) is 11.3 Å². The van der Waals surface area contributed by atoms with Gasteiger partial charge in [-0.2, -0.15) is 5.26 Å². The number of fused-ring (bicyclic) bond motifs is 3. The fraction of sp³-hybridized carbons (Fsp3) is 0.350. The Morgan fingerprint density at radius 1 is 1.33 bits per heavy atom. The lowest BCUT2D eigenvalue weighted by atomic mass is 10.2. The number of hydrogen-bond acceptors (Lipinski definition) is 6. The average molecular weight is 381 g/mol. The Morgan fingerprint density at radius 3 is 2.93 bits per heavy atom. The highest BCUT2D eigenvalue weighted by molar-refractivity contribution is 7.18. The molecule has 1 N–H and O–H groups in total. The molecule has 0 aliphatic heterocycles. The molecule has 0 bridgehead atoms. The van der Waals surface area contributed by atoms with Crippen LogP contribution in [0.25, 0.3) is 10.2 Å². The number of benzene rings is 1. The Balaban J connectivity index is 1.43. The molecule has 6 nitrogen and oxygen atoms in total. The number of nitriles is 1. The minimum Gasteiger partial charge on any atom is -0.491 e. The molecule has 1 aliphatic carbocycles. The van der Waals surface area contributed by atoms with Crippen molar-refractivity contribution < 1.29 is 9.84 Å². The molecule has 0 saturated heterocycles. The van der Waals surface area contributed by atoms with E-state index in [2.05, 4.69) is 11.1 Å². The molecule has 2 heterocycles. The molecule has 0 fully saturated rings. The number of aliphatic hydroxyl groups is 1. The molecule has 0 spiro atoms. The zero-order chi connectivity index (χ0) is 18.8. The number of aliphatic hydroxyl groups excluding tert-OH is 1. The topological polar surface area (TPSA) is 88.1 Å². The van der Waals surface area contributed by atoms with Crippen molar-refractivity contribution in [1.29, 1.82) is 5.26 Å². The predicted octanol–water partition coefficient (Wildman–Crippen LogP) is 2.45. The maximum absolute atomic E-state index is 12.8. The Bertz CT molecular complexity index is 1060. The lowest BCUT2D eigenvalue weighted by Gasteiger charge is -2.14. The van der Waals surface area contributed by atoms with Crippen LogP contribution in [0.1, 0.15) is 22.4 Å². The molecule has 4 rings (SSSR count). The monoisotopic (exact) mass is 381 g/mol. The van der Waals surface area contributed by atoms with E-state index in [0.717, 1.165) is 40.6 Å². The number of hydrogen-bond donors (Lipinski definition) is 1. The number of aromatic nitrogens is 2. The van der Waals surface area contributed by atoms with Crippen LogP contribution in [0.5, 0.6) is 5.75 Å². The van der Waals surface area contributed by atoms with Crippen molar-refractivity contribution in [1.82, 2.24) is 9.55 Å². The van der Waals surface area contributed by atoms with Gasteiger partial charge in [0.2, 0.25) is 0 Å². The maximum atomic E-state index is 12.8. The minimum absolute atomic E-state index is 0.0732. The molecule has 7 heteroatoms. The van der Waals surface area contributed by atoms with Gasteiger partial charge < -0.3 is 9.84 Å². The molecule has 1 unspecified atom stereocenters. The molecule has 1 aliphatic rings. The first kappa shape index (κ1) is 17.7. The standard InChI is InChI=1S/C20H19N3O3S/c21-9-8-13-4-6-15(7-5-13)26-11-14(24)10-23-12-22-19-18(20(23)25)16-2-1-3-17(16)27-19/h4-7,12,14,24H,1-3,8,10-11H2. The van der Waals surface area contributed by atoms with E-state index in [1.165, 1.54) is 15.8 Å². The molecular weight excluding hydrogens is 362 g/mol. The van der Waals surface area contributed by atoms with Crippen LogP contribution in [0.3, 0.4) is 0 Å². The summed E-state index contributed by atoms with van der Waals surface area (Å²) in [6, 6.07) is 9.29. The van der Waals surface area contributed by atoms with Crippen LogP contribution >= 0.6 is 11.3 Å². The zero-order valence-corrected chi connectivity index (χ0v) is 15.5. The summed E-state index contributed by atoms with van der Waals surface area (Å²) in [5.41, 5.74) is 1.98. The third-order valence-corrected chi connectivity index (χ3v) is 5.95.